The van der Waals surface area contributed by atoms with Gasteiger partial charge >= 0.3 is 6.09 Å². The first-order chi connectivity index (χ1) is 16.8. The highest BCUT2D eigenvalue weighted by atomic mass is 16.6. The van der Waals surface area contributed by atoms with Crippen LogP contribution in [0.1, 0.15) is 55.8 Å². The van der Waals surface area contributed by atoms with E-state index in [1.54, 1.807) is 20.8 Å². The normalized spacial score (nSPS) is 16.4. The Morgan fingerprint density at radius 2 is 1.77 bits per heavy atom. The minimum atomic E-state index is -0.648. The molecule has 2 heterocycles. The number of piperidine rings is 1. The van der Waals surface area contributed by atoms with Crippen LogP contribution >= 0.6 is 0 Å². The number of aromatic nitrogens is 1. The van der Waals surface area contributed by atoms with Crippen LogP contribution in [-0.2, 0) is 4.74 Å². The van der Waals surface area contributed by atoms with Gasteiger partial charge in [-0.3, -0.25) is 10.1 Å². The molecular formula is C28H29N3O4. The topological polar surface area (TPSA) is 84.7 Å². The maximum absolute atomic E-state index is 13.8. The third kappa shape index (κ3) is 4.99. The molecule has 180 valence electrons. The predicted molar refractivity (Wildman–Crippen MR) is 136 cm³/mol. The van der Waals surface area contributed by atoms with Crippen molar-refractivity contribution in [3.8, 4) is 0 Å². The molecule has 1 N–H and O–H groups in total. The molecule has 0 bridgehead atoms. The van der Waals surface area contributed by atoms with Crippen LogP contribution in [0.25, 0.3) is 21.9 Å². The lowest BCUT2D eigenvalue weighted by Crippen LogP contribution is -2.39. The zero-order chi connectivity index (χ0) is 24.6. The molecule has 3 aromatic carbocycles. The van der Waals surface area contributed by atoms with Gasteiger partial charge in [-0.05, 0) is 68.7 Å². The largest absolute Gasteiger partial charge is 0.444 e. The summed E-state index contributed by atoms with van der Waals surface area (Å²) in [6.45, 7) is 6.55. The fraction of sp³-hybridized carbons (Fsp3) is 0.321. The van der Waals surface area contributed by atoms with Gasteiger partial charge in [0.25, 0.3) is 5.91 Å². The van der Waals surface area contributed by atoms with Gasteiger partial charge in [0, 0.05) is 13.1 Å². The maximum Gasteiger partial charge on any atom is 0.412 e. The lowest BCUT2D eigenvalue weighted by molar-refractivity contribution is 0.0636. The number of hydrogen-bond acceptors (Lipinski definition) is 5. The van der Waals surface area contributed by atoms with Gasteiger partial charge in [-0.2, -0.15) is 0 Å². The van der Waals surface area contributed by atoms with E-state index in [-0.39, 0.29) is 11.8 Å². The van der Waals surface area contributed by atoms with Crippen molar-refractivity contribution < 1.29 is 18.7 Å². The van der Waals surface area contributed by atoms with Gasteiger partial charge in [0.1, 0.15) is 11.1 Å². The van der Waals surface area contributed by atoms with Crippen molar-refractivity contribution in [2.45, 2.75) is 45.1 Å². The van der Waals surface area contributed by atoms with Crippen LogP contribution in [0.5, 0.6) is 0 Å². The Bertz CT molecular complexity index is 1370. The number of fused-ring (bicyclic) bond motifs is 2. The monoisotopic (exact) mass is 471 g/mol. The van der Waals surface area contributed by atoms with Gasteiger partial charge in [-0.25, -0.2) is 9.78 Å². The molecule has 0 spiro atoms. The van der Waals surface area contributed by atoms with Crippen molar-refractivity contribution in [1.29, 1.82) is 0 Å². The van der Waals surface area contributed by atoms with Crippen molar-refractivity contribution in [3.05, 3.63) is 72.1 Å². The molecule has 4 aromatic rings. The summed E-state index contributed by atoms with van der Waals surface area (Å²) < 4.78 is 11.4. The van der Waals surface area contributed by atoms with Crippen molar-refractivity contribution in [2.75, 3.05) is 18.4 Å². The molecule has 1 aromatic heterocycles. The van der Waals surface area contributed by atoms with E-state index in [9.17, 15) is 9.59 Å². The number of nitrogens with zero attached hydrogens (tertiary/aromatic N) is 2. The summed E-state index contributed by atoms with van der Waals surface area (Å²) in [5, 5.41) is 4.66. The molecule has 1 saturated heterocycles. The lowest BCUT2D eigenvalue weighted by atomic mass is 9.96. The summed E-state index contributed by atoms with van der Waals surface area (Å²) in [7, 11) is 0. The Balaban J connectivity index is 1.44. The summed E-state index contributed by atoms with van der Waals surface area (Å²) in [6, 6.07) is 19.1. The summed E-state index contributed by atoms with van der Waals surface area (Å²) in [4.78, 5) is 32.8. The minimum absolute atomic E-state index is 0.0165. The number of hydrogen-bond donors (Lipinski definition) is 1. The van der Waals surface area contributed by atoms with E-state index < -0.39 is 11.7 Å². The number of amides is 2. The average molecular weight is 472 g/mol. The molecular weight excluding hydrogens is 442 g/mol. The van der Waals surface area contributed by atoms with E-state index in [0.717, 1.165) is 34.7 Å². The minimum Gasteiger partial charge on any atom is -0.444 e. The SMILES string of the molecule is CC(C)(C)OC(=O)Nc1cc2ccccc2cc1C(=O)N1CCCC(c2nc3ccccc3o2)C1. The van der Waals surface area contributed by atoms with Gasteiger partial charge < -0.3 is 14.1 Å². The van der Waals surface area contributed by atoms with Crippen LogP contribution in [0, 0.1) is 0 Å². The molecule has 1 aliphatic heterocycles. The Kier molecular flexibility index (Phi) is 5.93. The van der Waals surface area contributed by atoms with Crippen LogP contribution in [0.15, 0.2) is 65.1 Å². The fourth-order valence-corrected chi connectivity index (χ4v) is 4.53. The second-order valence-electron chi connectivity index (χ2n) is 9.98. The van der Waals surface area contributed by atoms with Crippen LogP contribution in [0.3, 0.4) is 0 Å². The molecule has 1 aliphatic rings. The molecule has 35 heavy (non-hydrogen) atoms. The third-order valence-electron chi connectivity index (χ3n) is 6.12. The van der Waals surface area contributed by atoms with E-state index in [1.807, 2.05) is 65.6 Å². The molecule has 5 rings (SSSR count). The fourth-order valence-electron chi connectivity index (χ4n) is 4.53. The molecule has 7 nitrogen and oxygen atoms in total. The van der Waals surface area contributed by atoms with Gasteiger partial charge in [0.05, 0.1) is 17.2 Å². The number of ether oxygens (including phenoxy) is 1. The van der Waals surface area contributed by atoms with E-state index in [0.29, 0.717) is 30.2 Å². The van der Waals surface area contributed by atoms with Gasteiger partial charge in [0.2, 0.25) is 0 Å². The Labute approximate surface area is 204 Å². The van der Waals surface area contributed by atoms with E-state index >= 15 is 0 Å². The lowest BCUT2D eigenvalue weighted by Gasteiger charge is -2.32. The van der Waals surface area contributed by atoms with Gasteiger partial charge in [-0.1, -0.05) is 36.4 Å². The Morgan fingerprint density at radius 3 is 2.51 bits per heavy atom. The van der Waals surface area contributed by atoms with Crippen LogP contribution in [-0.4, -0.2) is 40.6 Å². The first-order valence-corrected chi connectivity index (χ1v) is 11.9. The van der Waals surface area contributed by atoms with E-state index in [2.05, 4.69) is 10.3 Å². The van der Waals surface area contributed by atoms with Gasteiger partial charge in [0.15, 0.2) is 11.5 Å². The number of likely N-dealkylation sites (tertiary alicyclic amines) is 1. The molecule has 7 heteroatoms. The second-order valence-corrected chi connectivity index (χ2v) is 9.98. The van der Waals surface area contributed by atoms with Gasteiger partial charge in [-0.15, -0.1) is 0 Å². The summed E-state index contributed by atoms with van der Waals surface area (Å²) in [5.74, 6) is 0.541. The zero-order valence-electron chi connectivity index (χ0n) is 20.2. The summed E-state index contributed by atoms with van der Waals surface area (Å²) in [5.41, 5.74) is 1.80. The Hall–Kier alpha value is -3.87. The van der Waals surface area contributed by atoms with Crippen molar-refractivity contribution in [2.24, 2.45) is 0 Å². The number of oxazole rings is 1. The molecule has 0 aliphatic carbocycles. The molecule has 1 fully saturated rings. The molecule has 1 atom stereocenters. The standard InChI is InChI=1S/C28H29N3O4/c1-28(2,3)35-27(33)30-23-16-19-10-5-4-9-18(19)15-21(23)26(32)31-14-8-11-20(17-31)25-29-22-12-6-7-13-24(22)34-25/h4-7,9-10,12-13,15-16,20H,8,11,14,17H2,1-3H3,(H,30,33). The molecule has 1 unspecified atom stereocenters. The smallest absolute Gasteiger partial charge is 0.412 e. The highest BCUT2D eigenvalue weighted by Gasteiger charge is 2.30. The molecule has 0 radical (unpaired) electrons. The van der Waals surface area contributed by atoms with Crippen molar-refractivity contribution in [1.82, 2.24) is 9.88 Å². The van der Waals surface area contributed by atoms with Crippen LogP contribution in [0.4, 0.5) is 10.5 Å². The molecule has 0 saturated carbocycles. The number of carbonyl (C=O) groups is 2. The summed E-state index contributed by atoms with van der Waals surface area (Å²) >= 11 is 0. The highest BCUT2D eigenvalue weighted by Crippen LogP contribution is 2.32. The van der Waals surface area contributed by atoms with E-state index in [4.69, 9.17) is 9.15 Å². The average Bonchev–Trinajstić information content (AvgIpc) is 3.26. The number of carbonyl (C=O) groups excluding carboxylic acids is 2. The number of nitrogens with one attached hydrogen (secondary N) is 1. The van der Waals surface area contributed by atoms with Crippen molar-refractivity contribution in [3.63, 3.8) is 0 Å². The first kappa shape index (κ1) is 22.9. The number of anilines is 1. The number of benzene rings is 3. The van der Waals surface area contributed by atoms with Crippen LogP contribution in [0.2, 0.25) is 0 Å². The summed E-state index contributed by atoms with van der Waals surface area (Å²) in [6.07, 6.45) is 1.15. The quantitative estimate of drug-likeness (QED) is 0.376. The highest BCUT2D eigenvalue weighted by molar-refractivity contribution is 6.07. The zero-order valence-corrected chi connectivity index (χ0v) is 20.2. The first-order valence-electron chi connectivity index (χ1n) is 11.9. The number of para-hydroxylation sites is 2. The number of rotatable bonds is 3. The second kappa shape index (κ2) is 9.06. The van der Waals surface area contributed by atoms with Crippen LogP contribution < -0.4 is 5.32 Å². The predicted octanol–water partition coefficient (Wildman–Crippen LogP) is 6.35. The Morgan fingerprint density at radius 1 is 1.06 bits per heavy atom. The van der Waals surface area contributed by atoms with Crippen molar-refractivity contribution >= 4 is 39.6 Å². The molecule has 2 amide bonds. The maximum atomic E-state index is 13.8. The third-order valence-corrected chi connectivity index (χ3v) is 6.12. The van der Waals surface area contributed by atoms with E-state index in [1.165, 1.54) is 0 Å².